The zero-order valence-corrected chi connectivity index (χ0v) is 17.5. The Morgan fingerprint density at radius 2 is 1.83 bits per heavy atom. The molecule has 3 rings (SSSR count). The number of hydrogen-bond donors (Lipinski definition) is 1. The van der Waals surface area contributed by atoms with Gasteiger partial charge in [-0.25, -0.2) is 0 Å². The zero-order valence-electron chi connectivity index (χ0n) is 17.5. The molecule has 0 atom stereocenters. The molecule has 2 heterocycles. The van der Waals surface area contributed by atoms with Crippen molar-refractivity contribution in [2.24, 2.45) is 0 Å². The molecule has 160 valence electrons. The number of pyridine rings is 1. The first-order valence-corrected chi connectivity index (χ1v) is 10.5. The summed E-state index contributed by atoms with van der Waals surface area (Å²) in [7, 11) is 1.46. The van der Waals surface area contributed by atoms with E-state index in [1.807, 2.05) is 9.47 Å². The minimum Gasteiger partial charge on any atom is -0.491 e. The van der Waals surface area contributed by atoms with E-state index in [2.05, 4.69) is 10.2 Å². The summed E-state index contributed by atoms with van der Waals surface area (Å²) >= 11 is 0. The lowest BCUT2D eigenvalue weighted by Crippen LogP contribution is -2.48. The first-order valence-electron chi connectivity index (χ1n) is 10.5. The van der Waals surface area contributed by atoms with Crippen LogP contribution in [0.5, 0.6) is 5.75 Å². The highest BCUT2D eigenvalue weighted by molar-refractivity contribution is 5.76. The lowest BCUT2D eigenvalue weighted by molar-refractivity contribution is -0.130. The number of aromatic nitrogens is 1. The van der Waals surface area contributed by atoms with Gasteiger partial charge in [-0.05, 0) is 12.8 Å². The van der Waals surface area contributed by atoms with Gasteiger partial charge in [-0.3, -0.25) is 19.3 Å². The fourth-order valence-corrected chi connectivity index (χ4v) is 4.16. The topological polar surface area (TPSA) is 83.9 Å². The van der Waals surface area contributed by atoms with Crippen LogP contribution in [0, 0.1) is 0 Å². The maximum absolute atomic E-state index is 12.6. The molecule has 2 aliphatic rings. The highest BCUT2D eigenvalue weighted by Gasteiger charge is 2.21. The Balaban J connectivity index is 1.69. The van der Waals surface area contributed by atoms with Crippen molar-refractivity contribution in [1.82, 2.24) is 19.7 Å². The van der Waals surface area contributed by atoms with Crippen LogP contribution < -0.4 is 15.5 Å². The van der Waals surface area contributed by atoms with Crippen LogP contribution >= 0.6 is 0 Å². The number of piperazine rings is 1. The zero-order chi connectivity index (χ0) is 20.8. The number of ether oxygens (including phenoxy) is 1. The SMILES string of the molecule is COc1cn(CC(=O)NC2CCCCC2)c(CN2CCN(C(C)=O)CC2)cc1=O. The largest absolute Gasteiger partial charge is 0.491 e. The molecule has 0 unspecified atom stereocenters. The summed E-state index contributed by atoms with van der Waals surface area (Å²) in [6.45, 7) is 5.15. The third kappa shape index (κ3) is 5.82. The Kier molecular flexibility index (Phi) is 7.30. The van der Waals surface area contributed by atoms with Gasteiger partial charge in [0.25, 0.3) is 0 Å². The number of nitrogens with zero attached hydrogens (tertiary/aromatic N) is 3. The molecule has 1 aromatic rings. The fourth-order valence-electron chi connectivity index (χ4n) is 4.16. The second kappa shape index (κ2) is 9.91. The molecule has 1 aliphatic carbocycles. The van der Waals surface area contributed by atoms with Gasteiger partial charge in [0.05, 0.1) is 13.3 Å². The van der Waals surface area contributed by atoms with Gasteiger partial charge in [0.15, 0.2) is 5.75 Å². The molecule has 8 nitrogen and oxygen atoms in total. The molecule has 1 saturated carbocycles. The molecule has 1 N–H and O–H groups in total. The average Bonchev–Trinajstić information content (AvgIpc) is 2.71. The lowest BCUT2D eigenvalue weighted by Gasteiger charge is -2.34. The van der Waals surface area contributed by atoms with Crippen molar-refractivity contribution in [3.8, 4) is 5.75 Å². The van der Waals surface area contributed by atoms with Gasteiger partial charge in [0, 0.05) is 57.4 Å². The molecule has 29 heavy (non-hydrogen) atoms. The normalized spacial score (nSPS) is 18.5. The van der Waals surface area contributed by atoms with Crippen LogP contribution in [0.1, 0.15) is 44.7 Å². The molecule has 1 aromatic heterocycles. The van der Waals surface area contributed by atoms with E-state index in [0.717, 1.165) is 44.5 Å². The molecule has 0 spiro atoms. The minimum absolute atomic E-state index is 0.0368. The summed E-state index contributed by atoms with van der Waals surface area (Å²) in [5.41, 5.74) is 0.597. The number of hydrogen-bond acceptors (Lipinski definition) is 5. The molecule has 0 bridgehead atoms. The smallest absolute Gasteiger partial charge is 0.240 e. The van der Waals surface area contributed by atoms with Crippen LogP contribution in [-0.4, -0.2) is 65.5 Å². The molecular formula is C21H32N4O4. The second-order valence-corrected chi connectivity index (χ2v) is 8.01. The molecule has 2 fully saturated rings. The van der Waals surface area contributed by atoms with Crippen LogP contribution in [0.25, 0.3) is 0 Å². The Hall–Kier alpha value is -2.35. The lowest BCUT2D eigenvalue weighted by atomic mass is 9.95. The summed E-state index contributed by atoms with van der Waals surface area (Å²) in [6, 6.07) is 1.81. The third-order valence-electron chi connectivity index (χ3n) is 5.89. The number of carbonyl (C=O) groups excluding carboxylic acids is 2. The van der Waals surface area contributed by atoms with Crippen molar-refractivity contribution in [3.63, 3.8) is 0 Å². The highest BCUT2D eigenvalue weighted by atomic mass is 16.5. The maximum atomic E-state index is 12.6. The van der Waals surface area contributed by atoms with Gasteiger partial charge in [-0.15, -0.1) is 0 Å². The van der Waals surface area contributed by atoms with Crippen molar-refractivity contribution in [2.45, 2.75) is 58.2 Å². The van der Waals surface area contributed by atoms with E-state index in [-0.39, 0.29) is 35.6 Å². The van der Waals surface area contributed by atoms with Crippen molar-refractivity contribution >= 4 is 11.8 Å². The van der Waals surface area contributed by atoms with Crippen LogP contribution in [-0.2, 0) is 22.7 Å². The van der Waals surface area contributed by atoms with Gasteiger partial charge in [0.2, 0.25) is 17.2 Å². The summed E-state index contributed by atoms with van der Waals surface area (Å²) in [5.74, 6) is 0.288. The van der Waals surface area contributed by atoms with Gasteiger partial charge < -0.3 is 19.5 Å². The molecule has 0 aromatic carbocycles. The quantitative estimate of drug-likeness (QED) is 0.764. The second-order valence-electron chi connectivity index (χ2n) is 8.01. The molecule has 8 heteroatoms. The van der Waals surface area contributed by atoms with E-state index in [4.69, 9.17) is 4.74 Å². The highest BCUT2D eigenvalue weighted by Crippen LogP contribution is 2.17. The molecular weight excluding hydrogens is 372 g/mol. The first kappa shape index (κ1) is 21.4. The first-order chi connectivity index (χ1) is 14.0. The minimum atomic E-state index is -0.186. The molecule has 1 aliphatic heterocycles. The standard InChI is InChI=1S/C21H32N4O4/c1-16(26)24-10-8-23(9-11-24)13-18-12-19(27)20(29-2)14-25(18)15-21(28)22-17-6-4-3-5-7-17/h12,14,17H,3-11,13,15H2,1-2H3,(H,22,28). The Bertz CT molecular complexity index is 777. The van der Waals surface area contributed by atoms with Crippen molar-refractivity contribution < 1.29 is 14.3 Å². The van der Waals surface area contributed by atoms with Crippen LogP contribution in [0.4, 0.5) is 0 Å². The summed E-state index contributed by atoms with van der Waals surface area (Å²) in [6.07, 6.45) is 7.26. The van der Waals surface area contributed by atoms with Gasteiger partial charge >= 0.3 is 0 Å². The summed E-state index contributed by atoms with van der Waals surface area (Å²) < 4.78 is 6.99. The Morgan fingerprint density at radius 3 is 2.45 bits per heavy atom. The Labute approximate surface area is 171 Å². The van der Waals surface area contributed by atoms with Crippen LogP contribution in [0.3, 0.4) is 0 Å². The summed E-state index contributed by atoms with van der Waals surface area (Å²) in [5, 5.41) is 3.13. The van der Waals surface area contributed by atoms with E-state index < -0.39 is 0 Å². The molecule has 2 amide bonds. The van der Waals surface area contributed by atoms with E-state index in [1.54, 1.807) is 19.2 Å². The van der Waals surface area contributed by atoms with E-state index in [9.17, 15) is 14.4 Å². The number of nitrogens with one attached hydrogen (secondary N) is 1. The maximum Gasteiger partial charge on any atom is 0.240 e. The van der Waals surface area contributed by atoms with E-state index >= 15 is 0 Å². The predicted molar refractivity (Wildman–Crippen MR) is 110 cm³/mol. The number of rotatable bonds is 6. The van der Waals surface area contributed by atoms with Gasteiger partial charge in [-0.1, -0.05) is 19.3 Å². The van der Waals surface area contributed by atoms with Crippen molar-refractivity contribution in [1.29, 1.82) is 0 Å². The average molecular weight is 405 g/mol. The number of amides is 2. The third-order valence-corrected chi connectivity index (χ3v) is 5.89. The number of methoxy groups -OCH3 is 1. The van der Waals surface area contributed by atoms with E-state index in [0.29, 0.717) is 19.6 Å². The Morgan fingerprint density at radius 1 is 1.14 bits per heavy atom. The van der Waals surface area contributed by atoms with E-state index in [1.165, 1.54) is 13.5 Å². The van der Waals surface area contributed by atoms with Crippen LogP contribution in [0.15, 0.2) is 17.1 Å². The van der Waals surface area contributed by atoms with Crippen molar-refractivity contribution in [3.05, 3.63) is 28.2 Å². The summed E-state index contributed by atoms with van der Waals surface area (Å²) in [4.78, 5) is 40.5. The fraction of sp³-hybridized carbons (Fsp3) is 0.667. The van der Waals surface area contributed by atoms with Gasteiger partial charge in [-0.2, -0.15) is 0 Å². The molecule has 0 radical (unpaired) electrons. The predicted octanol–water partition coefficient (Wildman–Crippen LogP) is 0.970. The van der Waals surface area contributed by atoms with Crippen molar-refractivity contribution in [2.75, 3.05) is 33.3 Å². The van der Waals surface area contributed by atoms with Crippen LogP contribution in [0.2, 0.25) is 0 Å². The monoisotopic (exact) mass is 404 g/mol. The number of carbonyl (C=O) groups is 2. The molecule has 1 saturated heterocycles. The van der Waals surface area contributed by atoms with Gasteiger partial charge in [0.1, 0.15) is 6.54 Å².